The zero-order valence-corrected chi connectivity index (χ0v) is 11.2. The third kappa shape index (κ3) is 4.85. The van der Waals surface area contributed by atoms with E-state index < -0.39 is 58.0 Å². The van der Waals surface area contributed by atoms with Crippen molar-refractivity contribution in [2.45, 2.75) is 30.6 Å². The lowest BCUT2D eigenvalue weighted by molar-refractivity contribution is -0.247. The van der Waals surface area contributed by atoms with E-state index in [1.54, 1.807) is 0 Å². The molecule has 1 fully saturated rings. The largest absolute Gasteiger partial charge is 0.397 e. The molecule has 1 heterocycles. The summed E-state index contributed by atoms with van der Waals surface area (Å²) in [6.45, 7) is -0.859. The smallest absolute Gasteiger partial charge is 0.394 e. The van der Waals surface area contributed by atoms with E-state index in [1.165, 1.54) is 4.72 Å². The number of ether oxygens (including phenoxy) is 1. The Morgan fingerprint density at radius 2 is 1.70 bits per heavy atom. The molecule has 14 heteroatoms. The summed E-state index contributed by atoms with van der Waals surface area (Å²) in [5.41, 5.74) is 0. The van der Waals surface area contributed by atoms with Crippen LogP contribution in [0.3, 0.4) is 0 Å². The quantitative estimate of drug-likeness (QED) is 0.267. The van der Waals surface area contributed by atoms with E-state index in [0.717, 1.165) is 0 Å². The van der Waals surface area contributed by atoms with Gasteiger partial charge in [0.2, 0.25) is 0 Å². The lowest BCUT2D eigenvalue weighted by Crippen LogP contribution is -2.65. The van der Waals surface area contributed by atoms with Crippen LogP contribution in [0.5, 0.6) is 0 Å². The molecule has 0 bridgehead atoms. The van der Waals surface area contributed by atoms with Gasteiger partial charge in [-0.1, -0.05) is 0 Å². The number of hydrogen-bond donors (Lipinski definition) is 6. The lowest BCUT2D eigenvalue weighted by atomic mass is 9.98. The SMILES string of the molecule is O=S(=O)(O)N[C@H]1[C@H](OS(=O)(=O)O)[C@H](O)[C@@H](CO)O[C@@H]1O. The van der Waals surface area contributed by atoms with Gasteiger partial charge in [0.1, 0.15) is 24.4 Å². The summed E-state index contributed by atoms with van der Waals surface area (Å²) in [4.78, 5) is 0. The Bertz CT molecular complexity index is 529. The van der Waals surface area contributed by atoms with Gasteiger partial charge in [0.05, 0.1) is 6.61 Å². The van der Waals surface area contributed by atoms with E-state index in [4.69, 9.17) is 14.2 Å². The minimum atomic E-state index is -5.12. The highest BCUT2D eigenvalue weighted by Gasteiger charge is 2.48. The number of aliphatic hydroxyl groups is 3. The first-order valence-corrected chi connectivity index (χ1v) is 7.78. The molecule has 0 radical (unpaired) electrons. The van der Waals surface area contributed by atoms with Crippen molar-refractivity contribution in [1.82, 2.24) is 4.72 Å². The molecule has 0 aromatic rings. The van der Waals surface area contributed by atoms with Crippen molar-refractivity contribution in [1.29, 1.82) is 0 Å². The first kappa shape index (κ1) is 17.6. The summed E-state index contributed by atoms with van der Waals surface area (Å²) in [5, 5.41) is 28.0. The molecule has 120 valence electrons. The predicted molar refractivity (Wildman–Crippen MR) is 58.9 cm³/mol. The minimum absolute atomic E-state index is 0.859. The third-order valence-corrected chi connectivity index (χ3v) is 3.43. The van der Waals surface area contributed by atoms with Crippen LogP contribution < -0.4 is 4.72 Å². The van der Waals surface area contributed by atoms with Crippen LogP contribution in [0.1, 0.15) is 0 Å². The van der Waals surface area contributed by atoms with Crippen LogP contribution in [0.2, 0.25) is 0 Å². The van der Waals surface area contributed by atoms with E-state index in [-0.39, 0.29) is 0 Å². The highest BCUT2D eigenvalue weighted by Crippen LogP contribution is 2.24. The molecule has 1 aliphatic heterocycles. The van der Waals surface area contributed by atoms with Gasteiger partial charge in [-0.05, 0) is 0 Å². The summed E-state index contributed by atoms with van der Waals surface area (Å²) >= 11 is 0. The van der Waals surface area contributed by atoms with Gasteiger partial charge in [-0.25, -0.2) is 4.18 Å². The molecule has 0 unspecified atom stereocenters. The predicted octanol–water partition coefficient (Wildman–Crippen LogP) is -3.99. The van der Waals surface area contributed by atoms with E-state index in [9.17, 15) is 27.0 Å². The van der Waals surface area contributed by atoms with Crippen LogP contribution in [-0.4, -0.2) is 78.5 Å². The van der Waals surface area contributed by atoms with Gasteiger partial charge in [0, 0.05) is 0 Å². The van der Waals surface area contributed by atoms with Gasteiger partial charge in [-0.2, -0.15) is 21.6 Å². The Balaban J connectivity index is 3.09. The van der Waals surface area contributed by atoms with Crippen LogP contribution >= 0.6 is 0 Å². The van der Waals surface area contributed by atoms with E-state index in [1.807, 2.05) is 0 Å². The molecule has 6 N–H and O–H groups in total. The fourth-order valence-electron chi connectivity index (χ4n) is 1.64. The first-order valence-electron chi connectivity index (χ1n) is 4.97. The number of nitrogens with one attached hydrogen (secondary N) is 1. The Hall–Kier alpha value is -0.420. The van der Waals surface area contributed by atoms with Crippen molar-refractivity contribution in [2.24, 2.45) is 0 Å². The zero-order chi connectivity index (χ0) is 15.7. The van der Waals surface area contributed by atoms with Crippen molar-refractivity contribution in [3.63, 3.8) is 0 Å². The second kappa shape index (κ2) is 6.14. The molecule has 12 nitrogen and oxygen atoms in total. The average Bonchev–Trinajstić information content (AvgIpc) is 2.25. The highest BCUT2D eigenvalue weighted by molar-refractivity contribution is 7.83. The van der Waals surface area contributed by atoms with Gasteiger partial charge in [0.15, 0.2) is 6.29 Å². The van der Waals surface area contributed by atoms with Gasteiger partial charge in [0.25, 0.3) is 0 Å². The molecule has 0 aliphatic carbocycles. The Morgan fingerprint density at radius 3 is 2.10 bits per heavy atom. The third-order valence-electron chi connectivity index (χ3n) is 2.39. The molecular formula is C6H13NO11S2. The fourth-order valence-corrected chi connectivity index (χ4v) is 2.74. The van der Waals surface area contributed by atoms with Crippen LogP contribution in [0.25, 0.3) is 0 Å². The molecule has 0 aromatic heterocycles. The normalized spacial score (nSPS) is 36.0. The second-order valence-corrected chi connectivity index (χ2v) is 6.08. The van der Waals surface area contributed by atoms with Crippen molar-refractivity contribution in [3.8, 4) is 0 Å². The summed E-state index contributed by atoms with van der Waals surface area (Å²) in [7, 11) is -10.0. The highest BCUT2D eigenvalue weighted by atomic mass is 32.3. The van der Waals surface area contributed by atoms with E-state index in [0.29, 0.717) is 0 Å². The fraction of sp³-hybridized carbons (Fsp3) is 1.00. The molecular weight excluding hydrogens is 326 g/mol. The van der Waals surface area contributed by atoms with Crippen molar-refractivity contribution < 1.29 is 50.2 Å². The standard InChI is InChI=1S/C6H13NO11S2/c8-1-2-4(9)5(18-20(14,15)16)3(6(10)17-2)7-19(11,12)13/h2-10H,1H2,(H,11,12,13)(H,14,15,16)/t2-,3+,4-,5+,6+/m1/s1. The molecule has 20 heavy (non-hydrogen) atoms. The number of aliphatic hydroxyl groups excluding tert-OH is 3. The first-order chi connectivity index (χ1) is 8.94. The average molecular weight is 339 g/mol. The summed E-state index contributed by atoms with van der Waals surface area (Å²) in [6.07, 6.45) is -7.54. The van der Waals surface area contributed by atoms with Crippen molar-refractivity contribution in [3.05, 3.63) is 0 Å². The molecule has 1 saturated heterocycles. The van der Waals surface area contributed by atoms with Crippen LogP contribution in [0, 0.1) is 0 Å². The van der Waals surface area contributed by atoms with Crippen molar-refractivity contribution >= 4 is 20.7 Å². The van der Waals surface area contributed by atoms with E-state index >= 15 is 0 Å². The van der Waals surface area contributed by atoms with Crippen LogP contribution in [0.15, 0.2) is 0 Å². The van der Waals surface area contributed by atoms with Gasteiger partial charge < -0.3 is 20.1 Å². The maximum atomic E-state index is 10.7. The molecule has 1 rings (SSSR count). The zero-order valence-electron chi connectivity index (χ0n) is 9.60. The molecule has 1 aliphatic rings. The summed E-state index contributed by atoms with van der Waals surface area (Å²) in [5.74, 6) is 0. The van der Waals surface area contributed by atoms with Gasteiger partial charge in [-0.3, -0.25) is 9.11 Å². The Morgan fingerprint density at radius 1 is 1.15 bits per heavy atom. The van der Waals surface area contributed by atoms with Gasteiger partial charge >= 0.3 is 20.7 Å². The van der Waals surface area contributed by atoms with Crippen molar-refractivity contribution in [2.75, 3.05) is 6.61 Å². The summed E-state index contributed by atoms with van der Waals surface area (Å²) < 4.78 is 69.9. The van der Waals surface area contributed by atoms with Gasteiger partial charge in [-0.15, -0.1) is 0 Å². The van der Waals surface area contributed by atoms with Crippen LogP contribution in [0.4, 0.5) is 0 Å². The molecule has 0 amide bonds. The maximum Gasteiger partial charge on any atom is 0.397 e. The number of hydrogen-bond acceptors (Lipinski definition) is 9. The second-order valence-electron chi connectivity index (χ2n) is 3.85. The maximum absolute atomic E-state index is 10.7. The van der Waals surface area contributed by atoms with Crippen LogP contribution in [-0.2, 0) is 29.6 Å². The Kier molecular flexibility index (Phi) is 5.41. The molecule has 0 saturated carbocycles. The minimum Gasteiger partial charge on any atom is -0.394 e. The lowest BCUT2D eigenvalue weighted by Gasteiger charge is -2.40. The molecule has 5 atom stereocenters. The monoisotopic (exact) mass is 339 g/mol. The molecule has 0 spiro atoms. The molecule has 0 aromatic carbocycles. The summed E-state index contributed by atoms with van der Waals surface area (Å²) in [6, 6.07) is -1.95. The Labute approximate surface area is 113 Å². The van der Waals surface area contributed by atoms with E-state index in [2.05, 4.69) is 8.92 Å². The topological polar surface area (TPSA) is 200 Å². The number of rotatable bonds is 5.